The molecule has 2 aromatic rings. The van der Waals surface area contributed by atoms with Crippen molar-refractivity contribution in [1.29, 1.82) is 0 Å². The van der Waals surface area contributed by atoms with Crippen molar-refractivity contribution in [1.82, 2.24) is 4.90 Å². The van der Waals surface area contributed by atoms with E-state index in [2.05, 4.69) is 0 Å². The van der Waals surface area contributed by atoms with Gasteiger partial charge in [-0.05, 0) is 36.4 Å². The lowest BCUT2D eigenvalue weighted by molar-refractivity contribution is -0.453. The summed E-state index contributed by atoms with van der Waals surface area (Å²) in [6, 6.07) is 14.3. The third kappa shape index (κ3) is 4.40. The minimum absolute atomic E-state index is 0.257. The fraction of sp³-hybridized carbons (Fsp3) is 0.176. The quantitative estimate of drug-likeness (QED) is 0.388. The van der Waals surface area contributed by atoms with Crippen molar-refractivity contribution in [3.8, 4) is 0 Å². The highest BCUT2D eigenvalue weighted by molar-refractivity contribution is 6.31. The van der Waals surface area contributed by atoms with Crippen LogP contribution in [0, 0.1) is 0 Å². The molecule has 0 saturated carbocycles. The highest BCUT2D eigenvalue weighted by Gasteiger charge is 2.22. The second kappa shape index (κ2) is 8.04. The van der Waals surface area contributed by atoms with Crippen LogP contribution in [0.1, 0.15) is 5.56 Å². The topological polar surface area (TPSA) is 58.6 Å². The van der Waals surface area contributed by atoms with E-state index in [1.165, 1.54) is 16.7 Å². The summed E-state index contributed by atoms with van der Waals surface area (Å²) in [6.07, 6.45) is -0.453. The predicted molar refractivity (Wildman–Crippen MR) is 96.2 cm³/mol. The molecule has 0 radical (unpaired) electrons. The van der Waals surface area contributed by atoms with Gasteiger partial charge >= 0.3 is 6.09 Å². The van der Waals surface area contributed by atoms with Gasteiger partial charge in [-0.1, -0.05) is 27.9 Å². The van der Waals surface area contributed by atoms with Crippen LogP contribution in [0.25, 0.3) is 0 Å². The van der Waals surface area contributed by atoms with E-state index in [0.29, 0.717) is 15.8 Å². The fourth-order valence-electron chi connectivity index (χ4n) is 2.15. The SMILES string of the molecule is COC(=O)N(C)CC(c1ccc(Cl)cc1)=[N+](N)c1ccc(Cl)cc1. The number of methoxy groups -OCH3 is 1. The lowest BCUT2D eigenvalue weighted by Crippen LogP contribution is -2.37. The van der Waals surface area contributed by atoms with E-state index in [9.17, 15) is 4.79 Å². The average Bonchev–Trinajstić information content (AvgIpc) is 2.59. The number of hydrogen-bond donors (Lipinski definition) is 1. The van der Waals surface area contributed by atoms with E-state index in [1.54, 1.807) is 43.4 Å². The molecule has 24 heavy (non-hydrogen) atoms. The molecule has 0 saturated heterocycles. The number of hydrazone groups is 1. The Labute approximate surface area is 150 Å². The molecule has 0 aliphatic rings. The number of ether oxygens (including phenoxy) is 1. The summed E-state index contributed by atoms with van der Waals surface area (Å²) in [5, 5.41) is 1.24. The van der Waals surface area contributed by atoms with Gasteiger partial charge in [-0.3, -0.25) is 0 Å². The van der Waals surface area contributed by atoms with Crippen molar-refractivity contribution in [2.45, 2.75) is 0 Å². The molecule has 5 nitrogen and oxygen atoms in total. The Morgan fingerprint density at radius 1 is 1.08 bits per heavy atom. The zero-order valence-corrected chi connectivity index (χ0v) is 14.9. The third-order valence-corrected chi connectivity index (χ3v) is 3.95. The van der Waals surface area contributed by atoms with Crippen molar-refractivity contribution >= 4 is 40.7 Å². The molecule has 2 rings (SSSR count). The van der Waals surface area contributed by atoms with E-state index < -0.39 is 6.09 Å². The van der Waals surface area contributed by atoms with Gasteiger partial charge in [-0.2, -0.15) is 0 Å². The first kappa shape index (κ1) is 18.1. The standard InChI is InChI=1S/C17H18Cl2N3O2/c1-21(17(23)24-2)11-16(12-3-5-13(18)6-4-12)22(20)15-9-7-14(19)8-10-15/h3-10H,11,20H2,1-2H3/q+1. The zero-order valence-electron chi connectivity index (χ0n) is 13.4. The van der Waals surface area contributed by atoms with Crippen LogP contribution < -0.4 is 5.84 Å². The summed E-state index contributed by atoms with van der Waals surface area (Å²) in [6.45, 7) is 0.257. The summed E-state index contributed by atoms with van der Waals surface area (Å²) in [5.41, 5.74) is 2.29. The maximum atomic E-state index is 11.7. The lowest BCUT2D eigenvalue weighted by Gasteiger charge is -2.15. The molecule has 0 aliphatic carbocycles. The van der Waals surface area contributed by atoms with Crippen LogP contribution in [0.5, 0.6) is 0 Å². The first-order valence-electron chi connectivity index (χ1n) is 7.13. The largest absolute Gasteiger partial charge is 0.453 e. The number of rotatable bonds is 4. The van der Waals surface area contributed by atoms with E-state index in [-0.39, 0.29) is 6.54 Å². The minimum atomic E-state index is -0.453. The van der Waals surface area contributed by atoms with Crippen LogP contribution >= 0.6 is 23.2 Å². The molecule has 1 amide bonds. The smallest absolute Gasteiger partial charge is 0.409 e. The van der Waals surface area contributed by atoms with Crippen molar-refractivity contribution in [2.75, 3.05) is 20.7 Å². The Hall–Kier alpha value is -2.24. The van der Waals surface area contributed by atoms with Crippen molar-refractivity contribution in [2.24, 2.45) is 5.84 Å². The molecule has 0 aromatic heterocycles. The van der Waals surface area contributed by atoms with Crippen LogP contribution in [0.4, 0.5) is 10.5 Å². The minimum Gasteiger partial charge on any atom is -0.453 e. The first-order chi connectivity index (χ1) is 11.4. The Bertz CT molecular complexity index is 743. The maximum absolute atomic E-state index is 11.7. The van der Waals surface area contributed by atoms with Crippen LogP contribution in [0.15, 0.2) is 48.5 Å². The monoisotopic (exact) mass is 366 g/mol. The molecule has 0 heterocycles. The van der Waals surface area contributed by atoms with Gasteiger partial charge in [0, 0.05) is 34.8 Å². The molecular formula is C17H18Cl2N3O2+. The molecule has 0 spiro atoms. The van der Waals surface area contributed by atoms with Crippen molar-refractivity contribution in [3.63, 3.8) is 0 Å². The number of likely N-dealkylation sites (N-methyl/N-ethyl adjacent to an activating group) is 1. The Kier molecular flexibility index (Phi) is 6.06. The zero-order chi connectivity index (χ0) is 17.7. The fourth-order valence-corrected chi connectivity index (χ4v) is 2.40. The van der Waals surface area contributed by atoms with E-state index >= 15 is 0 Å². The number of nitrogens with zero attached hydrogens (tertiary/aromatic N) is 2. The Morgan fingerprint density at radius 3 is 2.08 bits per heavy atom. The van der Waals surface area contributed by atoms with E-state index in [0.717, 1.165) is 11.3 Å². The molecule has 0 aliphatic heterocycles. The summed E-state index contributed by atoms with van der Waals surface area (Å²) in [5.74, 6) is 6.29. The number of nitrogens with two attached hydrogens (primary N) is 1. The van der Waals surface area contributed by atoms with Gasteiger partial charge in [0.1, 0.15) is 6.54 Å². The highest BCUT2D eigenvalue weighted by atomic mass is 35.5. The number of carbonyl (C=O) groups excluding carboxylic acids is 1. The summed E-state index contributed by atoms with van der Waals surface area (Å²) in [7, 11) is 2.97. The molecule has 0 bridgehead atoms. The van der Waals surface area contributed by atoms with E-state index in [4.69, 9.17) is 33.8 Å². The number of benzene rings is 2. The first-order valence-corrected chi connectivity index (χ1v) is 7.89. The number of amides is 1. The molecule has 0 unspecified atom stereocenters. The number of carbonyl (C=O) groups is 1. The molecule has 126 valence electrons. The summed E-state index contributed by atoms with van der Waals surface area (Å²) < 4.78 is 6.26. The summed E-state index contributed by atoms with van der Waals surface area (Å²) >= 11 is 11.9. The van der Waals surface area contributed by atoms with Gasteiger partial charge in [-0.15, -0.1) is 0 Å². The second-order valence-corrected chi connectivity index (χ2v) is 6.00. The molecule has 2 N–H and O–H groups in total. The molecule has 0 atom stereocenters. The van der Waals surface area contributed by atoms with Gasteiger partial charge in [-0.25, -0.2) is 10.6 Å². The van der Waals surface area contributed by atoms with Gasteiger partial charge in [0.15, 0.2) is 0 Å². The van der Waals surface area contributed by atoms with Crippen LogP contribution in [-0.2, 0) is 4.74 Å². The second-order valence-electron chi connectivity index (χ2n) is 5.13. The van der Waals surface area contributed by atoms with Gasteiger partial charge in [0.05, 0.1) is 7.11 Å². The highest BCUT2D eigenvalue weighted by Crippen LogP contribution is 2.17. The number of hydrazine groups is 1. The van der Waals surface area contributed by atoms with Gasteiger partial charge in [0.25, 0.3) is 0 Å². The number of halogens is 2. The Morgan fingerprint density at radius 2 is 1.58 bits per heavy atom. The van der Waals surface area contributed by atoms with Gasteiger partial charge in [0.2, 0.25) is 11.4 Å². The number of hydrogen-bond acceptors (Lipinski definition) is 3. The molecular weight excluding hydrogens is 349 g/mol. The van der Waals surface area contributed by atoms with Crippen molar-refractivity contribution in [3.05, 3.63) is 64.1 Å². The molecule has 7 heteroatoms. The summed E-state index contributed by atoms with van der Waals surface area (Å²) in [4.78, 5) is 13.2. The maximum Gasteiger partial charge on any atom is 0.409 e. The molecule has 2 aromatic carbocycles. The van der Waals surface area contributed by atoms with Crippen LogP contribution in [0.2, 0.25) is 10.0 Å². The van der Waals surface area contributed by atoms with E-state index in [1.807, 2.05) is 12.1 Å². The Balaban J connectivity index is 2.48. The van der Waals surface area contributed by atoms with Crippen LogP contribution in [0.3, 0.4) is 0 Å². The van der Waals surface area contributed by atoms with Gasteiger partial charge < -0.3 is 9.64 Å². The van der Waals surface area contributed by atoms with Crippen molar-refractivity contribution < 1.29 is 14.2 Å². The lowest BCUT2D eigenvalue weighted by atomic mass is 10.1. The predicted octanol–water partition coefficient (Wildman–Crippen LogP) is 3.70. The normalized spacial score (nSPS) is 11.7. The molecule has 0 fully saturated rings. The third-order valence-electron chi connectivity index (χ3n) is 3.45. The average molecular weight is 367 g/mol. The van der Waals surface area contributed by atoms with Crippen LogP contribution in [-0.4, -0.2) is 42.1 Å².